The number of likely N-dealkylation sites (tertiary alicyclic amines) is 1. The molecule has 1 fully saturated rings. The van der Waals surface area contributed by atoms with Crippen molar-refractivity contribution in [3.05, 3.63) is 11.7 Å². The highest BCUT2D eigenvalue weighted by Gasteiger charge is 2.30. The summed E-state index contributed by atoms with van der Waals surface area (Å²) in [4.78, 5) is 5.93. The van der Waals surface area contributed by atoms with E-state index >= 15 is 0 Å². The van der Waals surface area contributed by atoms with Crippen LogP contribution >= 0.6 is 0 Å². The van der Waals surface area contributed by atoms with E-state index < -0.39 is 12.2 Å². The third-order valence-corrected chi connectivity index (χ3v) is 2.27. The average Bonchev–Trinajstić information content (AvgIpc) is 2.62. The lowest BCUT2D eigenvalue weighted by molar-refractivity contribution is 0.0572. The second-order valence-electron chi connectivity index (χ2n) is 3.56. The number of β-amino-alcohol motifs (C(OH)–C–C–N with tert-alkyl or cyclic N) is 2. The van der Waals surface area contributed by atoms with Gasteiger partial charge in [0.25, 0.3) is 0 Å². The van der Waals surface area contributed by atoms with Crippen LogP contribution in [0.4, 0.5) is 0 Å². The van der Waals surface area contributed by atoms with Crippen molar-refractivity contribution in [2.75, 3.05) is 13.1 Å². The van der Waals surface area contributed by atoms with Gasteiger partial charge in [-0.25, -0.2) is 0 Å². The molecule has 6 heteroatoms. The minimum absolute atomic E-state index is 0.453. The van der Waals surface area contributed by atoms with Gasteiger partial charge in [-0.2, -0.15) is 4.98 Å². The third-order valence-electron chi connectivity index (χ3n) is 2.27. The van der Waals surface area contributed by atoms with Crippen LogP contribution in [0.5, 0.6) is 0 Å². The van der Waals surface area contributed by atoms with E-state index in [1.807, 2.05) is 4.90 Å². The van der Waals surface area contributed by atoms with Crippen LogP contribution in [0.25, 0.3) is 0 Å². The van der Waals surface area contributed by atoms with E-state index in [2.05, 4.69) is 10.1 Å². The van der Waals surface area contributed by atoms with Crippen LogP contribution in [0.2, 0.25) is 0 Å². The highest BCUT2D eigenvalue weighted by molar-refractivity contribution is 4.89. The lowest BCUT2D eigenvalue weighted by Gasteiger charge is -2.10. The summed E-state index contributed by atoms with van der Waals surface area (Å²) in [7, 11) is 0. The van der Waals surface area contributed by atoms with Crippen LogP contribution in [0.15, 0.2) is 4.52 Å². The standard InChI is InChI=1S/C8H13N3O3/c1-5-9-8(10-14-5)4-11-2-6(12)7(13)3-11/h6-7,12-13H,2-4H2,1H3/t6-,7+. The van der Waals surface area contributed by atoms with Gasteiger partial charge in [-0.3, -0.25) is 4.90 Å². The Morgan fingerprint density at radius 3 is 2.57 bits per heavy atom. The molecule has 2 N–H and O–H groups in total. The second kappa shape index (κ2) is 3.64. The van der Waals surface area contributed by atoms with Crippen molar-refractivity contribution in [2.24, 2.45) is 0 Å². The molecular weight excluding hydrogens is 186 g/mol. The summed E-state index contributed by atoms with van der Waals surface area (Å²) >= 11 is 0. The summed E-state index contributed by atoms with van der Waals surface area (Å²) < 4.78 is 4.82. The van der Waals surface area contributed by atoms with Gasteiger partial charge in [0, 0.05) is 20.0 Å². The fourth-order valence-corrected chi connectivity index (χ4v) is 1.58. The lowest BCUT2D eigenvalue weighted by Crippen LogP contribution is -2.22. The smallest absolute Gasteiger partial charge is 0.223 e. The number of hydrogen-bond donors (Lipinski definition) is 2. The number of nitrogens with zero attached hydrogens (tertiary/aromatic N) is 3. The van der Waals surface area contributed by atoms with Gasteiger partial charge in [0.1, 0.15) is 0 Å². The monoisotopic (exact) mass is 199 g/mol. The molecule has 0 bridgehead atoms. The molecule has 0 saturated carbocycles. The SMILES string of the molecule is Cc1nc(CN2C[C@@H](O)[C@@H](O)C2)no1. The van der Waals surface area contributed by atoms with Crippen molar-refractivity contribution in [1.29, 1.82) is 0 Å². The van der Waals surface area contributed by atoms with Gasteiger partial charge in [0.15, 0.2) is 5.82 Å². The predicted molar refractivity (Wildman–Crippen MR) is 46.3 cm³/mol. The Balaban J connectivity index is 1.93. The zero-order valence-electron chi connectivity index (χ0n) is 7.92. The maximum absolute atomic E-state index is 9.30. The van der Waals surface area contributed by atoms with Gasteiger partial charge in [-0.1, -0.05) is 5.16 Å². The number of aliphatic hydroxyl groups is 2. The molecule has 2 heterocycles. The normalized spacial score (nSPS) is 28.5. The van der Waals surface area contributed by atoms with Crippen molar-refractivity contribution in [2.45, 2.75) is 25.7 Å². The average molecular weight is 199 g/mol. The van der Waals surface area contributed by atoms with Gasteiger partial charge < -0.3 is 14.7 Å². The minimum Gasteiger partial charge on any atom is -0.389 e. The quantitative estimate of drug-likeness (QED) is 0.630. The van der Waals surface area contributed by atoms with Crippen molar-refractivity contribution < 1.29 is 14.7 Å². The van der Waals surface area contributed by atoms with E-state index in [9.17, 15) is 10.2 Å². The molecule has 1 aromatic heterocycles. The first kappa shape index (κ1) is 9.57. The minimum atomic E-state index is -0.664. The molecule has 0 unspecified atom stereocenters. The van der Waals surface area contributed by atoms with Crippen molar-refractivity contribution in [3.8, 4) is 0 Å². The van der Waals surface area contributed by atoms with Crippen LogP contribution in [0.1, 0.15) is 11.7 Å². The van der Waals surface area contributed by atoms with Crippen LogP contribution < -0.4 is 0 Å². The molecule has 78 valence electrons. The molecule has 6 nitrogen and oxygen atoms in total. The summed E-state index contributed by atoms with van der Waals surface area (Å²) in [5, 5.41) is 22.3. The Hall–Kier alpha value is -0.980. The molecular formula is C8H13N3O3. The zero-order chi connectivity index (χ0) is 10.1. The highest BCUT2D eigenvalue weighted by atomic mass is 16.5. The molecule has 0 aromatic carbocycles. The van der Waals surface area contributed by atoms with E-state index in [1.165, 1.54) is 0 Å². The first-order valence-electron chi connectivity index (χ1n) is 4.53. The van der Waals surface area contributed by atoms with Crippen molar-refractivity contribution in [1.82, 2.24) is 15.0 Å². The molecule has 1 saturated heterocycles. The van der Waals surface area contributed by atoms with Gasteiger partial charge in [-0.05, 0) is 0 Å². The van der Waals surface area contributed by atoms with Crippen molar-refractivity contribution >= 4 is 0 Å². The molecule has 1 aromatic rings. The largest absolute Gasteiger partial charge is 0.389 e. The van der Waals surface area contributed by atoms with Gasteiger partial charge in [0.05, 0.1) is 18.8 Å². The van der Waals surface area contributed by atoms with Crippen LogP contribution in [0, 0.1) is 6.92 Å². The van der Waals surface area contributed by atoms with E-state index in [4.69, 9.17) is 4.52 Å². The Kier molecular flexibility index (Phi) is 2.49. The Labute approximate surface area is 81.1 Å². The highest BCUT2D eigenvalue weighted by Crippen LogP contribution is 2.12. The van der Waals surface area contributed by atoms with Crippen LogP contribution in [-0.2, 0) is 6.54 Å². The summed E-state index contributed by atoms with van der Waals surface area (Å²) in [5.74, 6) is 1.11. The van der Waals surface area contributed by atoms with E-state index in [0.29, 0.717) is 31.3 Å². The first-order chi connectivity index (χ1) is 6.65. The molecule has 0 radical (unpaired) electrons. The van der Waals surface area contributed by atoms with Crippen LogP contribution in [-0.4, -0.2) is 50.6 Å². The van der Waals surface area contributed by atoms with Gasteiger partial charge in [0.2, 0.25) is 5.89 Å². The molecule has 1 aliphatic rings. The summed E-state index contributed by atoms with van der Waals surface area (Å²) in [5.41, 5.74) is 0. The number of rotatable bonds is 2. The zero-order valence-corrected chi connectivity index (χ0v) is 7.92. The molecule has 2 atom stereocenters. The first-order valence-corrected chi connectivity index (χ1v) is 4.53. The molecule has 14 heavy (non-hydrogen) atoms. The molecule has 2 rings (SSSR count). The van der Waals surface area contributed by atoms with Gasteiger partial charge >= 0.3 is 0 Å². The molecule has 0 amide bonds. The fraction of sp³-hybridized carbons (Fsp3) is 0.750. The third kappa shape index (κ3) is 1.92. The Morgan fingerprint density at radius 1 is 1.43 bits per heavy atom. The van der Waals surface area contributed by atoms with E-state index in [0.717, 1.165) is 0 Å². The number of aromatic nitrogens is 2. The molecule has 0 spiro atoms. The van der Waals surface area contributed by atoms with Crippen LogP contribution in [0.3, 0.4) is 0 Å². The maximum Gasteiger partial charge on any atom is 0.223 e. The predicted octanol–water partition coefficient (Wildman–Crippen LogP) is -1.08. The topological polar surface area (TPSA) is 82.6 Å². The molecule has 0 aliphatic carbocycles. The van der Waals surface area contributed by atoms with Crippen molar-refractivity contribution in [3.63, 3.8) is 0 Å². The van der Waals surface area contributed by atoms with Gasteiger partial charge in [-0.15, -0.1) is 0 Å². The Bertz CT molecular complexity index is 305. The van der Waals surface area contributed by atoms with E-state index in [1.54, 1.807) is 6.92 Å². The number of aliphatic hydroxyl groups excluding tert-OH is 2. The second-order valence-corrected chi connectivity index (χ2v) is 3.56. The number of aryl methyl sites for hydroxylation is 1. The lowest BCUT2D eigenvalue weighted by atomic mass is 10.3. The summed E-state index contributed by atoms with van der Waals surface area (Å²) in [6, 6.07) is 0. The van der Waals surface area contributed by atoms with E-state index in [-0.39, 0.29) is 0 Å². The fourth-order valence-electron chi connectivity index (χ4n) is 1.58. The Morgan fingerprint density at radius 2 is 2.07 bits per heavy atom. The number of hydrogen-bond acceptors (Lipinski definition) is 6. The summed E-state index contributed by atoms with van der Waals surface area (Å²) in [6.07, 6.45) is -1.33. The summed E-state index contributed by atoms with van der Waals surface area (Å²) in [6.45, 7) is 3.14. The molecule has 1 aliphatic heterocycles. The maximum atomic E-state index is 9.30.